The highest BCUT2D eigenvalue weighted by atomic mass is 35.5. The number of hydrogen-bond acceptors (Lipinski definition) is 3. The van der Waals surface area contributed by atoms with Crippen LogP contribution in [0.2, 0.25) is 5.02 Å². The van der Waals surface area contributed by atoms with Gasteiger partial charge in [0.2, 0.25) is 0 Å². The van der Waals surface area contributed by atoms with Crippen molar-refractivity contribution in [1.82, 2.24) is 5.32 Å². The minimum absolute atomic E-state index is 0.780. The monoisotopic (exact) mass is 295 g/mol. The first-order valence-electron chi connectivity index (χ1n) is 7.59. The van der Waals surface area contributed by atoms with Gasteiger partial charge in [-0.25, -0.2) is 0 Å². The maximum atomic E-state index is 6.56. The van der Waals surface area contributed by atoms with Crippen molar-refractivity contribution in [3.8, 4) is 11.5 Å². The summed E-state index contributed by atoms with van der Waals surface area (Å²) in [5.41, 5.74) is 3.80. The van der Waals surface area contributed by atoms with Gasteiger partial charge in [0.15, 0.2) is 0 Å². The van der Waals surface area contributed by atoms with Crippen LogP contribution < -0.4 is 14.8 Å². The molecule has 0 saturated heterocycles. The summed E-state index contributed by atoms with van der Waals surface area (Å²) >= 11 is 6.56. The highest BCUT2D eigenvalue weighted by molar-refractivity contribution is 6.33. The van der Waals surface area contributed by atoms with E-state index in [0.29, 0.717) is 0 Å². The SMILES string of the molecule is CNCCCc1c2c(c(Cl)c3c1OCCC3)OCCC2. The molecule has 0 atom stereocenters. The predicted octanol–water partition coefficient (Wildman–Crippen LogP) is 3.14. The molecule has 2 aliphatic heterocycles. The summed E-state index contributed by atoms with van der Waals surface area (Å²) in [6.45, 7) is 2.61. The van der Waals surface area contributed by atoms with Crippen molar-refractivity contribution in [2.45, 2.75) is 38.5 Å². The molecule has 110 valence electrons. The molecule has 2 heterocycles. The number of fused-ring (bicyclic) bond motifs is 2. The van der Waals surface area contributed by atoms with Crippen LogP contribution in [0.1, 0.15) is 36.0 Å². The normalized spacial score (nSPS) is 16.9. The lowest BCUT2D eigenvalue weighted by atomic mass is 9.90. The van der Waals surface area contributed by atoms with Crippen molar-refractivity contribution in [3.63, 3.8) is 0 Å². The Balaban J connectivity index is 2.04. The number of ether oxygens (including phenoxy) is 2. The molecule has 0 amide bonds. The molecule has 0 spiro atoms. The molecular formula is C16H22ClNO2. The molecule has 0 aliphatic carbocycles. The minimum Gasteiger partial charge on any atom is -0.493 e. The van der Waals surface area contributed by atoms with Crippen LogP contribution in [0.5, 0.6) is 11.5 Å². The molecule has 0 radical (unpaired) electrons. The van der Waals surface area contributed by atoms with Gasteiger partial charge in [-0.15, -0.1) is 0 Å². The van der Waals surface area contributed by atoms with E-state index in [9.17, 15) is 0 Å². The Morgan fingerprint density at radius 3 is 2.50 bits per heavy atom. The van der Waals surface area contributed by atoms with Crippen LogP contribution in [0.25, 0.3) is 0 Å². The second-order valence-corrected chi connectivity index (χ2v) is 5.90. The van der Waals surface area contributed by atoms with E-state index >= 15 is 0 Å². The zero-order valence-electron chi connectivity index (χ0n) is 12.1. The summed E-state index contributed by atoms with van der Waals surface area (Å²) in [5.74, 6) is 1.99. The van der Waals surface area contributed by atoms with E-state index in [1.165, 1.54) is 11.1 Å². The summed E-state index contributed by atoms with van der Waals surface area (Å²) in [5, 5.41) is 4.01. The van der Waals surface area contributed by atoms with Gasteiger partial charge in [0.05, 0.1) is 18.2 Å². The molecule has 0 fully saturated rings. The third-order valence-electron chi connectivity index (χ3n) is 4.14. The van der Waals surface area contributed by atoms with Crippen LogP contribution in [0, 0.1) is 0 Å². The molecule has 0 bridgehead atoms. The van der Waals surface area contributed by atoms with E-state index < -0.39 is 0 Å². The van der Waals surface area contributed by atoms with Gasteiger partial charge in [-0.3, -0.25) is 0 Å². The highest BCUT2D eigenvalue weighted by Gasteiger charge is 2.28. The Morgan fingerprint density at radius 2 is 1.75 bits per heavy atom. The Kier molecular flexibility index (Phi) is 4.37. The minimum atomic E-state index is 0.780. The van der Waals surface area contributed by atoms with Gasteiger partial charge in [0, 0.05) is 16.7 Å². The van der Waals surface area contributed by atoms with Gasteiger partial charge in [0.1, 0.15) is 11.5 Å². The number of halogens is 1. The Bertz CT molecular complexity index is 465. The quantitative estimate of drug-likeness (QED) is 0.866. The van der Waals surface area contributed by atoms with Crippen LogP contribution in [0.4, 0.5) is 0 Å². The highest BCUT2D eigenvalue weighted by Crippen LogP contribution is 2.46. The fraction of sp³-hybridized carbons (Fsp3) is 0.625. The fourth-order valence-corrected chi connectivity index (χ4v) is 3.54. The second kappa shape index (κ2) is 6.23. The van der Waals surface area contributed by atoms with Gasteiger partial charge in [0.25, 0.3) is 0 Å². The molecule has 0 unspecified atom stereocenters. The predicted molar refractivity (Wildman–Crippen MR) is 81.3 cm³/mol. The third kappa shape index (κ3) is 2.49. The number of rotatable bonds is 4. The molecule has 4 heteroatoms. The van der Waals surface area contributed by atoms with E-state index in [0.717, 1.165) is 80.4 Å². The third-order valence-corrected chi connectivity index (χ3v) is 4.54. The molecule has 2 aliphatic rings. The number of hydrogen-bond donors (Lipinski definition) is 1. The molecular weight excluding hydrogens is 274 g/mol. The zero-order valence-corrected chi connectivity index (χ0v) is 12.8. The molecule has 1 aromatic rings. The number of benzene rings is 1. The van der Waals surface area contributed by atoms with Gasteiger partial charge >= 0.3 is 0 Å². The van der Waals surface area contributed by atoms with Crippen LogP contribution in [0.3, 0.4) is 0 Å². The standard InChI is InChI=1S/C16H22ClNO2/c1-18-8-2-5-11-12-6-3-10-20-16(12)14(17)13-7-4-9-19-15(11)13/h18H,2-10H2,1H3. The average Bonchev–Trinajstić information content (AvgIpc) is 2.51. The van der Waals surface area contributed by atoms with E-state index in [4.69, 9.17) is 21.1 Å². The topological polar surface area (TPSA) is 30.5 Å². The van der Waals surface area contributed by atoms with Crippen molar-refractivity contribution in [2.75, 3.05) is 26.8 Å². The molecule has 1 aromatic carbocycles. The van der Waals surface area contributed by atoms with Crippen molar-refractivity contribution in [3.05, 3.63) is 21.7 Å². The van der Waals surface area contributed by atoms with E-state index in [2.05, 4.69) is 5.32 Å². The van der Waals surface area contributed by atoms with Gasteiger partial charge in [-0.1, -0.05) is 11.6 Å². The molecule has 1 N–H and O–H groups in total. The molecule has 0 aromatic heterocycles. The van der Waals surface area contributed by atoms with Crippen LogP contribution in [0.15, 0.2) is 0 Å². The second-order valence-electron chi connectivity index (χ2n) is 5.52. The Hall–Kier alpha value is -0.930. The van der Waals surface area contributed by atoms with E-state index in [1.54, 1.807) is 0 Å². The van der Waals surface area contributed by atoms with E-state index in [1.807, 2.05) is 7.05 Å². The van der Waals surface area contributed by atoms with E-state index in [-0.39, 0.29) is 0 Å². The summed E-state index contributed by atoms with van der Waals surface area (Å²) in [6, 6.07) is 0. The zero-order chi connectivity index (χ0) is 13.9. The van der Waals surface area contributed by atoms with Gasteiger partial charge in [-0.05, 0) is 52.1 Å². The first-order valence-corrected chi connectivity index (χ1v) is 7.97. The van der Waals surface area contributed by atoms with Crippen LogP contribution >= 0.6 is 11.6 Å². The Morgan fingerprint density at radius 1 is 1.05 bits per heavy atom. The largest absolute Gasteiger partial charge is 0.493 e. The maximum Gasteiger partial charge on any atom is 0.141 e. The van der Waals surface area contributed by atoms with Gasteiger partial charge in [-0.2, -0.15) is 0 Å². The summed E-state index contributed by atoms with van der Waals surface area (Å²) < 4.78 is 11.8. The number of nitrogens with one attached hydrogen (secondary N) is 1. The van der Waals surface area contributed by atoms with Crippen molar-refractivity contribution in [2.24, 2.45) is 0 Å². The van der Waals surface area contributed by atoms with Crippen LogP contribution in [-0.4, -0.2) is 26.8 Å². The van der Waals surface area contributed by atoms with Crippen molar-refractivity contribution >= 4 is 11.6 Å². The fourth-order valence-electron chi connectivity index (χ4n) is 3.19. The van der Waals surface area contributed by atoms with Crippen molar-refractivity contribution in [1.29, 1.82) is 0 Å². The molecule has 3 rings (SSSR count). The first kappa shape index (κ1) is 14.0. The summed E-state index contributed by atoms with van der Waals surface area (Å²) in [6.07, 6.45) is 6.32. The van der Waals surface area contributed by atoms with Crippen molar-refractivity contribution < 1.29 is 9.47 Å². The molecule has 20 heavy (non-hydrogen) atoms. The van der Waals surface area contributed by atoms with Crippen LogP contribution in [-0.2, 0) is 19.3 Å². The first-order chi connectivity index (χ1) is 9.83. The molecule has 3 nitrogen and oxygen atoms in total. The Labute approximate surface area is 125 Å². The molecule has 0 saturated carbocycles. The summed E-state index contributed by atoms with van der Waals surface area (Å²) in [4.78, 5) is 0. The van der Waals surface area contributed by atoms with Gasteiger partial charge < -0.3 is 14.8 Å². The lowest BCUT2D eigenvalue weighted by Crippen LogP contribution is -2.18. The summed E-state index contributed by atoms with van der Waals surface area (Å²) in [7, 11) is 1.99. The lowest BCUT2D eigenvalue weighted by molar-refractivity contribution is 0.269. The smallest absolute Gasteiger partial charge is 0.141 e. The average molecular weight is 296 g/mol. The maximum absolute atomic E-state index is 6.56. The lowest BCUT2D eigenvalue weighted by Gasteiger charge is -2.29.